The first-order valence-corrected chi connectivity index (χ1v) is 9.21. The molecule has 1 aromatic carbocycles. The van der Waals surface area contributed by atoms with E-state index in [2.05, 4.69) is 52.9 Å². The number of hydrogen-bond acceptors (Lipinski definition) is 3. The van der Waals surface area contributed by atoms with Crippen LogP contribution in [0.3, 0.4) is 0 Å². The Bertz CT molecular complexity index is 808. The Kier molecular flexibility index (Phi) is 3.89. The Balaban J connectivity index is 1.50. The average Bonchev–Trinajstić information content (AvgIpc) is 2.98. The van der Waals surface area contributed by atoms with Crippen molar-refractivity contribution in [2.45, 2.75) is 64.5 Å². The highest BCUT2D eigenvalue weighted by Gasteiger charge is 2.34. The van der Waals surface area contributed by atoms with Gasteiger partial charge in [-0.05, 0) is 42.2 Å². The summed E-state index contributed by atoms with van der Waals surface area (Å²) in [6, 6.07) is 8.66. The number of nitrogens with zero attached hydrogens (tertiary/aromatic N) is 4. The fourth-order valence-electron chi connectivity index (χ4n) is 4.36. The van der Waals surface area contributed by atoms with Gasteiger partial charge in [-0.3, -0.25) is 4.79 Å². The van der Waals surface area contributed by atoms with Crippen LogP contribution in [0, 0.1) is 6.92 Å². The van der Waals surface area contributed by atoms with Crippen LogP contribution in [0.5, 0.6) is 0 Å². The average molecular weight is 338 g/mol. The first-order chi connectivity index (χ1) is 12.0. The van der Waals surface area contributed by atoms with E-state index in [4.69, 9.17) is 0 Å². The summed E-state index contributed by atoms with van der Waals surface area (Å²) in [5.41, 5.74) is 2.98. The first-order valence-electron chi connectivity index (χ1n) is 9.21. The van der Waals surface area contributed by atoms with E-state index in [0.29, 0.717) is 18.9 Å². The predicted molar refractivity (Wildman–Crippen MR) is 96.2 cm³/mol. The van der Waals surface area contributed by atoms with Gasteiger partial charge in [0.05, 0.1) is 6.54 Å². The molecule has 5 nitrogen and oxygen atoms in total. The Morgan fingerprint density at radius 3 is 2.88 bits per heavy atom. The van der Waals surface area contributed by atoms with Crippen LogP contribution >= 0.6 is 0 Å². The molecule has 1 aliphatic heterocycles. The summed E-state index contributed by atoms with van der Waals surface area (Å²) in [5.74, 6) is 2.41. The Hall–Kier alpha value is -2.17. The SMILES string of the molecule is Cc1nnc2n1CCN(C(=O)CC1CCC(C)(C)c3ccccc31)C2. The van der Waals surface area contributed by atoms with Crippen molar-refractivity contribution in [3.63, 3.8) is 0 Å². The van der Waals surface area contributed by atoms with Crippen molar-refractivity contribution >= 4 is 5.91 Å². The summed E-state index contributed by atoms with van der Waals surface area (Å²) < 4.78 is 2.11. The molecule has 0 spiro atoms. The maximum Gasteiger partial charge on any atom is 0.223 e. The van der Waals surface area contributed by atoms with Crippen LogP contribution in [-0.2, 0) is 23.3 Å². The monoisotopic (exact) mass is 338 g/mol. The van der Waals surface area contributed by atoms with Crippen molar-refractivity contribution in [1.29, 1.82) is 0 Å². The van der Waals surface area contributed by atoms with Gasteiger partial charge < -0.3 is 9.47 Å². The lowest BCUT2D eigenvalue weighted by molar-refractivity contribution is -0.133. The summed E-state index contributed by atoms with van der Waals surface area (Å²) >= 11 is 0. The second-order valence-corrected chi connectivity index (χ2v) is 8.04. The molecule has 1 amide bonds. The second kappa shape index (κ2) is 5.97. The third kappa shape index (κ3) is 2.86. The third-order valence-corrected chi connectivity index (χ3v) is 5.96. The molecular weight excluding hydrogens is 312 g/mol. The summed E-state index contributed by atoms with van der Waals surface area (Å²) in [7, 11) is 0. The number of aromatic nitrogens is 3. The predicted octanol–water partition coefficient (Wildman–Crippen LogP) is 3.17. The van der Waals surface area contributed by atoms with Crippen molar-refractivity contribution in [2.24, 2.45) is 0 Å². The minimum absolute atomic E-state index is 0.204. The van der Waals surface area contributed by atoms with E-state index in [9.17, 15) is 4.79 Å². The van der Waals surface area contributed by atoms with Crippen LogP contribution in [0.25, 0.3) is 0 Å². The highest BCUT2D eigenvalue weighted by Crippen LogP contribution is 2.43. The molecule has 132 valence electrons. The summed E-state index contributed by atoms with van der Waals surface area (Å²) in [6.07, 6.45) is 2.81. The number of fused-ring (bicyclic) bond motifs is 2. The molecule has 5 heteroatoms. The zero-order valence-electron chi connectivity index (χ0n) is 15.3. The number of aryl methyl sites for hydroxylation is 1. The molecule has 1 aromatic heterocycles. The summed E-state index contributed by atoms with van der Waals surface area (Å²) in [5, 5.41) is 8.34. The number of hydrogen-bond donors (Lipinski definition) is 0. The first kappa shape index (κ1) is 16.3. The molecule has 4 rings (SSSR count). The lowest BCUT2D eigenvalue weighted by Crippen LogP contribution is -2.39. The van der Waals surface area contributed by atoms with E-state index in [-0.39, 0.29) is 11.3 Å². The molecule has 2 heterocycles. The minimum atomic E-state index is 0.204. The van der Waals surface area contributed by atoms with Crippen LogP contribution in [0.1, 0.15) is 61.8 Å². The van der Waals surface area contributed by atoms with Gasteiger partial charge in [0.25, 0.3) is 0 Å². The number of carbonyl (C=O) groups is 1. The van der Waals surface area contributed by atoms with Crippen LogP contribution in [0.2, 0.25) is 0 Å². The van der Waals surface area contributed by atoms with Gasteiger partial charge in [0.2, 0.25) is 5.91 Å². The largest absolute Gasteiger partial charge is 0.333 e. The van der Waals surface area contributed by atoms with Gasteiger partial charge in [0.15, 0.2) is 5.82 Å². The molecule has 0 saturated carbocycles. The molecule has 0 bridgehead atoms. The van der Waals surface area contributed by atoms with E-state index in [1.165, 1.54) is 11.1 Å². The van der Waals surface area contributed by atoms with Crippen molar-refractivity contribution in [3.05, 3.63) is 47.0 Å². The Morgan fingerprint density at radius 1 is 1.24 bits per heavy atom. The molecular formula is C20H26N4O. The molecule has 1 atom stereocenters. The van der Waals surface area contributed by atoms with Crippen molar-refractivity contribution in [3.8, 4) is 0 Å². The molecule has 1 aliphatic carbocycles. The Labute approximate surface area is 149 Å². The topological polar surface area (TPSA) is 51.0 Å². The highest BCUT2D eigenvalue weighted by atomic mass is 16.2. The minimum Gasteiger partial charge on any atom is -0.333 e. The molecule has 0 N–H and O–H groups in total. The van der Waals surface area contributed by atoms with E-state index >= 15 is 0 Å². The molecule has 2 aliphatic rings. The number of benzene rings is 1. The summed E-state index contributed by atoms with van der Waals surface area (Å²) in [4.78, 5) is 14.9. The van der Waals surface area contributed by atoms with Crippen molar-refractivity contribution < 1.29 is 4.79 Å². The zero-order valence-corrected chi connectivity index (χ0v) is 15.3. The van der Waals surface area contributed by atoms with Crippen LogP contribution in [-0.4, -0.2) is 32.1 Å². The Morgan fingerprint density at radius 2 is 2.04 bits per heavy atom. The van der Waals surface area contributed by atoms with Crippen molar-refractivity contribution in [1.82, 2.24) is 19.7 Å². The number of rotatable bonds is 2. The molecule has 2 aromatic rings. The fourth-order valence-corrected chi connectivity index (χ4v) is 4.36. The third-order valence-electron chi connectivity index (χ3n) is 5.96. The molecule has 0 radical (unpaired) electrons. The zero-order chi connectivity index (χ0) is 17.6. The van der Waals surface area contributed by atoms with E-state index in [0.717, 1.165) is 37.6 Å². The quantitative estimate of drug-likeness (QED) is 0.845. The molecule has 25 heavy (non-hydrogen) atoms. The highest BCUT2D eigenvalue weighted by molar-refractivity contribution is 5.77. The van der Waals surface area contributed by atoms with E-state index < -0.39 is 0 Å². The van der Waals surface area contributed by atoms with E-state index in [1.807, 2.05) is 11.8 Å². The standard InChI is InChI=1S/C20H26N4O/c1-14-21-22-18-13-23(10-11-24(14)18)19(25)12-15-8-9-20(2,3)17-7-5-4-6-16(15)17/h4-7,15H,8-13H2,1-3H3. The second-order valence-electron chi connectivity index (χ2n) is 8.04. The van der Waals surface area contributed by atoms with Gasteiger partial charge >= 0.3 is 0 Å². The summed E-state index contributed by atoms with van der Waals surface area (Å²) in [6.45, 7) is 8.72. The number of carbonyl (C=O) groups excluding carboxylic acids is 1. The normalized spacial score (nSPS) is 21.6. The number of amides is 1. The van der Waals surface area contributed by atoms with Crippen molar-refractivity contribution in [2.75, 3.05) is 6.54 Å². The van der Waals surface area contributed by atoms with Gasteiger partial charge in [-0.25, -0.2) is 0 Å². The maximum atomic E-state index is 12.9. The molecule has 1 unspecified atom stereocenters. The maximum absolute atomic E-state index is 12.9. The van der Waals surface area contributed by atoms with E-state index in [1.54, 1.807) is 0 Å². The van der Waals surface area contributed by atoms with Gasteiger partial charge in [-0.15, -0.1) is 10.2 Å². The fraction of sp³-hybridized carbons (Fsp3) is 0.550. The van der Waals surface area contributed by atoms with Crippen LogP contribution < -0.4 is 0 Å². The van der Waals surface area contributed by atoms with Gasteiger partial charge in [-0.1, -0.05) is 38.1 Å². The smallest absolute Gasteiger partial charge is 0.223 e. The lowest BCUT2D eigenvalue weighted by Gasteiger charge is -2.38. The van der Waals surface area contributed by atoms with Gasteiger partial charge in [0.1, 0.15) is 5.82 Å². The van der Waals surface area contributed by atoms with Gasteiger partial charge in [-0.2, -0.15) is 0 Å². The molecule has 0 fully saturated rings. The lowest BCUT2D eigenvalue weighted by atomic mass is 9.68. The van der Waals surface area contributed by atoms with Gasteiger partial charge in [0, 0.05) is 19.5 Å². The van der Waals surface area contributed by atoms with Crippen LogP contribution in [0.15, 0.2) is 24.3 Å². The molecule has 0 saturated heterocycles. The van der Waals surface area contributed by atoms with Crippen LogP contribution in [0.4, 0.5) is 0 Å².